The maximum Gasteiger partial charge on any atom is 0.313 e. The van der Waals surface area contributed by atoms with Crippen molar-refractivity contribution in [1.29, 1.82) is 0 Å². The van der Waals surface area contributed by atoms with Crippen LogP contribution in [-0.2, 0) is 29.1 Å². The molecule has 0 N–H and O–H groups in total. The second-order valence-corrected chi connectivity index (χ2v) is 7.49. The van der Waals surface area contributed by atoms with Crippen LogP contribution in [-0.4, -0.2) is 15.5 Å². The van der Waals surface area contributed by atoms with Gasteiger partial charge in [-0.2, -0.15) is 0 Å². The van der Waals surface area contributed by atoms with E-state index >= 15 is 0 Å². The van der Waals surface area contributed by atoms with E-state index in [1.165, 1.54) is 0 Å². The molecule has 0 amide bonds. The van der Waals surface area contributed by atoms with E-state index in [4.69, 9.17) is 9.72 Å². The molecule has 29 heavy (non-hydrogen) atoms. The van der Waals surface area contributed by atoms with Crippen molar-refractivity contribution in [2.75, 3.05) is 0 Å². The van der Waals surface area contributed by atoms with Crippen molar-refractivity contribution < 1.29 is 9.53 Å². The van der Waals surface area contributed by atoms with Crippen LogP contribution in [0.4, 0.5) is 5.69 Å². The zero-order chi connectivity index (χ0) is 20.3. The molecule has 2 aliphatic heterocycles. The number of esters is 1. The number of carbonyl (C=O) groups is 1. The number of aryl methyl sites for hydroxylation is 1. The van der Waals surface area contributed by atoms with Gasteiger partial charge in [0, 0.05) is 10.9 Å². The van der Waals surface area contributed by atoms with Crippen molar-refractivity contribution in [3.8, 4) is 11.4 Å². The predicted octanol–water partition coefficient (Wildman–Crippen LogP) is 3.94. The quantitative estimate of drug-likeness (QED) is 0.391. The fraction of sp³-hybridized carbons (Fsp3) is 0.318. The van der Waals surface area contributed by atoms with Crippen molar-refractivity contribution in [3.05, 3.63) is 61.8 Å². The van der Waals surface area contributed by atoms with Crippen molar-refractivity contribution in [3.63, 3.8) is 0 Å². The molecule has 0 radical (unpaired) electrons. The minimum Gasteiger partial charge on any atom is -0.460 e. The first-order valence-electron chi connectivity index (χ1n) is 9.79. The smallest absolute Gasteiger partial charge is 0.313 e. The van der Waals surface area contributed by atoms with Crippen LogP contribution in [0.25, 0.3) is 22.3 Å². The van der Waals surface area contributed by atoms with Crippen molar-refractivity contribution in [2.24, 2.45) is 5.18 Å². The highest BCUT2D eigenvalue weighted by molar-refractivity contribution is 5.90. The SMILES string of the molecule is CCc1c2c(nc3ccc(N=O)cc13)-c1cc3c(c(=O)n1C2)COC(=O)[C@@H]3CC. The standard InChI is InChI=1S/C22H19N3O4/c1-3-12-15-7-11(24-28)5-6-18(15)23-20-16(12)9-25-19(20)8-14-13(4-2)22(27)29-10-17(14)21(25)26/h5-8,13H,3-4,9-10H2,1-2H3/t13-/m1/s1. The molecule has 0 bridgehead atoms. The Morgan fingerprint density at radius 2 is 2.03 bits per heavy atom. The number of nitrogens with zero attached hydrogens (tertiary/aromatic N) is 3. The molecule has 1 aromatic carbocycles. The third-order valence-electron chi connectivity index (χ3n) is 6.07. The summed E-state index contributed by atoms with van der Waals surface area (Å²) in [4.78, 5) is 41.2. The van der Waals surface area contributed by atoms with Crippen molar-refractivity contribution >= 4 is 22.6 Å². The fourth-order valence-electron chi connectivity index (χ4n) is 4.63. The summed E-state index contributed by atoms with van der Waals surface area (Å²) in [6.45, 7) is 4.41. The normalized spacial score (nSPS) is 16.9. The number of hydrogen-bond donors (Lipinski definition) is 0. The zero-order valence-corrected chi connectivity index (χ0v) is 16.2. The van der Waals surface area contributed by atoms with Crippen LogP contribution in [0.5, 0.6) is 0 Å². The average molecular weight is 389 g/mol. The highest BCUT2D eigenvalue weighted by Crippen LogP contribution is 2.39. The van der Waals surface area contributed by atoms with Gasteiger partial charge < -0.3 is 9.30 Å². The third kappa shape index (κ3) is 2.40. The van der Waals surface area contributed by atoms with E-state index < -0.39 is 5.92 Å². The second kappa shape index (κ2) is 6.34. The lowest BCUT2D eigenvalue weighted by atomic mass is 9.90. The largest absolute Gasteiger partial charge is 0.460 e. The number of rotatable bonds is 3. The molecular formula is C22H19N3O4. The van der Waals surface area contributed by atoms with E-state index in [2.05, 4.69) is 5.18 Å². The summed E-state index contributed by atoms with van der Waals surface area (Å²) >= 11 is 0. The summed E-state index contributed by atoms with van der Waals surface area (Å²) in [6, 6.07) is 7.13. The van der Waals surface area contributed by atoms with E-state index in [1.54, 1.807) is 22.8 Å². The summed E-state index contributed by atoms with van der Waals surface area (Å²) in [6.07, 6.45) is 1.32. The molecule has 1 atom stereocenters. The van der Waals surface area contributed by atoms with Gasteiger partial charge in [-0.3, -0.25) is 9.59 Å². The Bertz CT molecular complexity index is 1280. The molecule has 7 nitrogen and oxygen atoms in total. The zero-order valence-electron chi connectivity index (χ0n) is 16.2. The maximum atomic E-state index is 13.2. The van der Waals surface area contributed by atoms with Gasteiger partial charge in [0.15, 0.2) is 0 Å². The molecular weight excluding hydrogens is 370 g/mol. The molecule has 0 unspecified atom stereocenters. The highest BCUT2D eigenvalue weighted by atomic mass is 16.5. The molecule has 0 spiro atoms. The van der Waals surface area contributed by atoms with Crippen molar-refractivity contribution in [2.45, 2.75) is 45.8 Å². The lowest BCUT2D eigenvalue weighted by molar-refractivity contribution is -0.148. The number of hydrogen-bond acceptors (Lipinski definition) is 6. The van der Waals surface area contributed by atoms with E-state index in [1.807, 2.05) is 19.9 Å². The van der Waals surface area contributed by atoms with Gasteiger partial charge in [0.2, 0.25) is 0 Å². The summed E-state index contributed by atoms with van der Waals surface area (Å²) in [7, 11) is 0. The lowest BCUT2D eigenvalue weighted by Gasteiger charge is -2.24. The van der Waals surface area contributed by atoms with Crippen LogP contribution in [0, 0.1) is 4.91 Å². The first kappa shape index (κ1) is 17.7. The number of fused-ring (bicyclic) bond motifs is 5. The number of pyridine rings is 2. The number of aromatic nitrogens is 2. The minimum atomic E-state index is -0.422. The van der Waals surface area contributed by atoms with Crippen LogP contribution in [0.1, 0.15) is 48.4 Å². The molecule has 0 saturated carbocycles. The van der Waals surface area contributed by atoms with Gasteiger partial charge in [-0.25, -0.2) is 4.98 Å². The molecule has 3 aromatic rings. The Morgan fingerprint density at radius 1 is 1.21 bits per heavy atom. The molecule has 2 aliphatic rings. The predicted molar refractivity (Wildman–Crippen MR) is 108 cm³/mol. The first-order chi connectivity index (χ1) is 14.1. The Morgan fingerprint density at radius 3 is 2.76 bits per heavy atom. The Labute approximate surface area is 166 Å². The molecule has 0 aliphatic carbocycles. The Kier molecular flexibility index (Phi) is 3.87. The number of benzene rings is 1. The molecule has 146 valence electrons. The monoisotopic (exact) mass is 389 g/mol. The summed E-state index contributed by atoms with van der Waals surface area (Å²) < 4.78 is 6.97. The van der Waals surface area contributed by atoms with Gasteiger partial charge in [0.25, 0.3) is 5.56 Å². The second-order valence-electron chi connectivity index (χ2n) is 7.49. The maximum absolute atomic E-state index is 13.2. The van der Waals surface area contributed by atoms with Gasteiger partial charge in [-0.15, -0.1) is 4.91 Å². The first-order valence-corrected chi connectivity index (χ1v) is 9.79. The van der Waals surface area contributed by atoms with Gasteiger partial charge in [0.05, 0.1) is 34.9 Å². The van der Waals surface area contributed by atoms with E-state index in [0.717, 1.165) is 45.4 Å². The lowest BCUT2D eigenvalue weighted by Crippen LogP contribution is -2.32. The van der Waals surface area contributed by atoms with Gasteiger partial charge in [-0.05, 0) is 53.4 Å². The molecule has 0 fully saturated rings. The van der Waals surface area contributed by atoms with Crippen LogP contribution in [0.15, 0.2) is 34.2 Å². The van der Waals surface area contributed by atoms with E-state index in [-0.39, 0.29) is 18.1 Å². The van der Waals surface area contributed by atoms with Crippen LogP contribution in [0.2, 0.25) is 0 Å². The Hall–Kier alpha value is -3.35. The van der Waals surface area contributed by atoms with Crippen LogP contribution >= 0.6 is 0 Å². The molecule has 4 heterocycles. The van der Waals surface area contributed by atoms with E-state index in [0.29, 0.717) is 24.2 Å². The van der Waals surface area contributed by atoms with Gasteiger partial charge in [-0.1, -0.05) is 13.8 Å². The van der Waals surface area contributed by atoms with Crippen molar-refractivity contribution in [1.82, 2.24) is 9.55 Å². The number of cyclic esters (lactones) is 1. The van der Waals surface area contributed by atoms with Crippen LogP contribution in [0.3, 0.4) is 0 Å². The van der Waals surface area contributed by atoms with Crippen LogP contribution < -0.4 is 5.56 Å². The fourth-order valence-corrected chi connectivity index (χ4v) is 4.63. The summed E-state index contributed by atoms with van der Waals surface area (Å²) in [5, 5.41) is 3.93. The summed E-state index contributed by atoms with van der Waals surface area (Å²) in [5.41, 5.74) is 5.88. The third-order valence-corrected chi connectivity index (χ3v) is 6.07. The summed E-state index contributed by atoms with van der Waals surface area (Å²) in [5.74, 6) is -0.703. The molecule has 5 rings (SSSR count). The van der Waals surface area contributed by atoms with Gasteiger partial charge >= 0.3 is 5.97 Å². The van der Waals surface area contributed by atoms with E-state index in [9.17, 15) is 14.5 Å². The number of carbonyl (C=O) groups excluding carboxylic acids is 1. The number of nitroso groups, excluding NO2 is 1. The Balaban J connectivity index is 1.80. The average Bonchev–Trinajstić information content (AvgIpc) is 3.10. The number of ether oxygens (including phenoxy) is 1. The highest BCUT2D eigenvalue weighted by Gasteiger charge is 2.34. The minimum absolute atomic E-state index is 0.0184. The molecule has 0 saturated heterocycles. The molecule has 2 aromatic heterocycles. The molecule has 7 heteroatoms. The van der Waals surface area contributed by atoms with Gasteiger partial charge in [0.1, 0.15) is 12.3 Å². The topological polar surface area (TPSA) is 90.6 Å².